The fraction of sp³-hybridized carbons (Fsp3) is 0.0714. The topological polar surface area (TPSA) is 26.3 Å². The second kappa shape index (κ2) is 6.17. The molecule has 0 bridgehead atoms. The van der Waals surface area contributed by atoms with Gasteiger partial charge in [-0.05, 0) is 24.3 Å². The van der Waals surface area contributed by atoms with Gasteiger partial charge >= 0.3 is 0 Å². The maximum absolute atomic E-state index is 13.6. The second-order valence-corrected chi connectivity index (χ2v) is 5.06. The quantitative estimate of drug-likeness (QED) is 0.756. The first kappa shape index (κ1) is 14.0. The summed E-state index contributed by atoms with van der Waals surface area (Å²) in [6, 6.07) is 9.71. The van der Waals surface area contributed by atoms with Crippen LogP contribution in [0.2, 0.25) is 5.02 Å². The summed E-state index contributed by atoms with van der Waals surface area (Å²) in [6.07, 6.45) is 0.719. The van der Waals surface area contributed by atoms with E-state index in [2.05, 4.69) is 15.9 Å². The van der Waals surface area contributed by atoms with E-state index < -0.39 is 5.82 Å². The second-order valence-electron chi connectivity index (χ2n) is 3.80. The third-order valence-corrected chi connectivity index (χ3v) is 3.53. The Morgan fingerprint density at radius 1 is 1.32 bits per heavy atom. The number of benzene rings is 2. The van der Waals surface area contributed by atoms with Crippen molar-refractivity contribution >= 4 is 33.8 Å². The van der Waals surface area contributed by atoms with Crippen LogP contribution in [0.3, 0.4) is 0 Å². The lowest BCUT2D eigenvalue weighted by Crippen LogP contribution is -1.99. The molecule has 5 heteroatoms. The summed E-state index contributed by atoms with van der Waals surface area (Å²) in [7, 11) is 0. The van der Waals surface area contributed by atoms with Gasteiger partial charge in [-0.15, -0.1) is 0 Å². The summed E-state index contributed by atoms with van der Waals surface area (Å²) in [5.74, 6) is 0.00145. The monoisotopic (exact) mass is 342 g/mol. The molecule has 2 rings (SSSR count). The van der Waals surface area contributed by atoms with Crippen LogP contribution in [0.15, 0.2) is 40.9 Å². The van der Waals surface area contributed by atoms with Crippen molar-refractivity contribution in [3.8, 4) is 5.75 Å². The molecule has 0 radical (unpaired) electrons. The Hall–Kier alpha value is -1.39. The normalized spacial score (nSPS) is 10.3. The highest BCUT2D eigenvalue weighted by molar-refractivity contribution is 9.10. The van der Waals surface area contributed by atoms with Gasteiger partial charge in [0.25, 0.3) is 0 Å². The predicted octanol–water partition coefficient (Wildman–Crippen LogP) is 4.63. The summed E-state index contributed by atoms with van der Waals surface area (Å²) in [5, 5.41) is 0.0606. The summed E-state index contributed by atoms with van der Waals surface area (Å²) < 4.78 is 19.8. The number of halogens is 3. The Bertz CT molecular complexity index is 616. The Balaban J connectivity index is 2.14. The van der Waals surface area contributed by atoms with Gasteiger partial charge in [-0.2, -0.15) is 0 Å². The zero-order valence-electron chi connectivity index (χ0n) is 9.70. The van der Waals surface area contributed by atoms with Crippen molar-refractivity contribution in [2.24, 2.45) is 0 Å². The van der Waals surface area contributed by atoms with E-state index in [1.807, 2.05) is 0 Å². The van der Waals surface area contributed by atoms with Crippen molar-refractivity contribution in [3.05, 3.63) is 62.8 Å². The largest absolute Gasteiger partial charge is 0.489 e. The Morgan fingerprint density at radius 2 is 2.11 bits per heavy atom. The molecule has 0 saturated carbocycles. The highest BCUT2D eigenvalue weighted by atomic mass is 79.9. The van der Waals surface area contributed by atoms with Crippen LogP contribution in [0, 0.1) is 5.82 Å². The molecule has 2 aromatic carbocycles. The smallest absolute Gasteiger partial charge is 0.151 e. The van der Waals surface area contributed by atoms with Crippen LogP contribution in [0.4, 0.5) is 4.39 Å². The number of hydrogen-bond donors (Lipinski definition) is 0. The molecule has 0 amide bonds. The van der Waals surface area contributed by atoms with Crippen molar-refractivity contribution in [2.45, 2.75) is 6.61 Å². The molecule has 0 atom stereocenters. The molecule has 0 N–H and O–H groups in total. The van der Waals surface area contributed by atoms with E-state index >= 15 is 0 Å². The molecule has 0 unspecified atom stereocenters. The fourth-order valence-electron chi connectivity index (χ4n) is 1.52. The first-order chi connectivity index (χ1) is 9.11. The maximum atomic E-state index is 13.6. The van der Waals surface area contributed by atoms with E-state index in [4.69, 9.17) is 16.3 Å². The lowest BCUT2D eigenvalue weighted by Gasteiger charge is -2.08. The van der Waals surface area contributed by atoms with Gasteiger partial charge in [-0.25, -0.2) is 4.39 Å². The minimum atomic E-state index is -0.489. The summed E-state index contributed by atoms with van der Waals surface area (Å²) in [4.78, 5) is 10.8. The van der Waals surface area contributed by atoms with Gasteiger partial charge in [0.15, 0.2) is 6.29 Å². The third-order valence-electron chi connectivity index (χ3n) is 2.52. The molecular formula is C14H9BrClFO2. The van der Waals surface area contributed by atoms with E-state index in [0.717, 1.165) is 6.29 Å². The lowest BCUT2D eigenvalue weighted by molar-refractivity contribution is 0.112. The van der Waals surface area contributed by atoms with Crippen LogP contribution in [0.5, 0.6) is 5.75 Å². The average molecular weight is 344 g/mol. The Kier molecular flexibility index (Phi) is 4.56. The van der Waals surface area contributed by atoms with Crippen molar-refractivity contribution in [1.82, 2.24) is 0 Å². The number of carbonyl (C=O) groups is 1. The maximum Gasteiger partial charge on any atom is 0.151 e. The lowest BCUT2D eigenvalue weighted by atomic mass is 10.2. The van der Waals surface area contributed by atoms with E-state index in [0.29, 0.717) is 21.3 Å². The molecule has 0 saturated heterocycles. The predicted molar refractivity (Wildman–Crippen MR) is 75.3 cm³/mol. The minimum Gasteiger partial charge on any atom is -0.489 e. The molecule has 0 aromatic heterocycles. The zero-order chi connectivity index (χ0) is 13.8. The highest BCUT2D eigenvalue weighted by Gasteiger charge is 2.07. The molecular weight excluding hydrogens is 335 g/mol. The molecule has 2 nitrogen and oxygen atoms in total. The number of rotatable bonds is 4. The molecule has 0 heterocycles. The standard InChI is InChI=1S/C14H9BrClFO2/c15-12-5-4-11(6-10(12)7-18)19-8-9-2-1-3-13(16)14(9)17/h1-7H,8H2. The SMILES string of the molecule is O=Cc1cc(OCc2cccc(Cl)c2F)ccc1Br. The van der Waals surface area contributed by atoms with Crippen molar-refractivity contribution in [3.63, 3.8) is 0 Å². The Labute approximate surface area is 123 Å². The van der Waals surface area contributed by atoms with Gasteiger partial charge in [-0.1, -0.05) is 39.7 Å². The number of carbonyl (C=O) groups excluding carboxylic acids is 1. The van der Waals surface area contributed by atoms with Gasteiger partial charge in [0, 0.05) is 15.6 Å². The van der Waals surface area contributed by atoms with E-state index in [1.54, 1.807) is 30.3 Å². The van der Waals surface area contributed by atoms with Gasteiger partial charge in [0.2, 0.25) is 0 Å². The van der Waals surface area contributed by atoms with E-state index in [1.165, 1.54) is 6.07 Å². The van der Waals surface area contributed by atoms with E-state index in [9.17, 15) is 9.18 Å². The Morgan fingerprint density at radius 3 is 2.84 bits per heavy atom. The van der Waals surface area contributed by atoms with Gasteiger partial charge in [0.1, 0.15) is 18.2 Å². The first-order valence-corrected chi connectivity index (χ1v) is 6.59. The molecule has 0 aliphatic heterocycles. The first-order valence-electron chi connectivity index (χ1n) is 5.42. The summed E-state index contributed by atoms with van der Waals surface area (Å²) in [5.41, 5.74) is 0.840. The van der Waals surface area contributed by atoms with Crippen molar-refractivity contribution < 1.29 is 13.9 Å². The summed E-state index contributed by atoms with van der Waals surface area (Å²) in [6.45, 7) is 0.0479. The average Bonchev–Trinajstić information content (AvgIpc) is 2.42. The number of hydrogen-bond acceptors (Lipinski definition) is 2. The fourth-order valence-corrected chi connectivity index (χ4v) is 2.06. The molecule has 0 aliphatic rings. The van der Waals surface area contributed by atoms with Gasteiger partial charge in [-0.3, -0.25) is 4.79 Å². The number of ether oxygens (including phenoxy) is 1. The molecule has 0 aliphatic carbocycles. The summed E-state index contributed by atoms with van der Waals surface area (Å²) >= 11 is 8.92. The van der Waals surface area contributed by atoms with Gasteiger partial charge in [0.05, 0.1) is 5.02 Å². The van der Waals surface area contributed by atoms with Gasteiger partial charge < -0.3 is 4.74 Å². The van der Waals surface area contributed by atoms with Crippen LogP contribution in [-0.2, 0) is 6.61 Å². The third kappa shape index (κ3) is 3.33. The van der Waals surface area contributed by atoms with Crippen molar-refractivity contribution in [1.29, 1.82) is 0 Å². The molecule has 0 fully saturated rings. The highest BCUT2D eigenvalue weighted by Crippen LogP contribution is 2.23. The zero-order valence-corrected chi connectivity index (χ0v) is 12.0. The molecule has 98 valence electrons. The van der Waals surface area contributed by atoms with Crippen LogP contribution >= 0.6 is 27.5 Å². The molecule has 2 aromatic rings. The molecule has 19 heavy (non-hydrogen) atoms. The number of aldehydes is 1. The van der Waals surface area contributed by atoms with E-state index in [-0.39, 0.29) is 11.6 Å². The van der Waals surface area contributed by atoms with Crippen LogP contribution < -0.4 is 4.74 Å². The van der Waals surface area contributed by atoms with Crippen LogP contribution in [0.25, 0.3) is 0 Å². The van der Waals surface area contributed by atoms with Crippen LogP contribution in [-0.4, -0.2) is 6.29 Å². The van der Waals surface area contributed by atoms with Crippen LogP contribution in [0.1, 0.15) is 15.9 Å². The molecule has 0 spiro atoms. The minimum absolute atomic E-state index is 0.0479. The van der Waals surface area contributed by atoms with Crippen molar-refractivity contribution in [2.75, 3.05) is 0 Å².